The van der Waals surface area contributed by atoms with Gasteiger partial charge in [-0.15, -0.1) is 0 Å². The predicted octanol–water partition coefficient (Wildman–Crippen LogP) is 5.35. The van der Waals surface area contributed by atoms with Gasteiger partial charge in [0.25, 0.3) is 5.91 Å². The highest BCUT2D eigenvalue weighted by molar-refractivity contribution is 8.27. The lowest BCUT2D eigenvalue weighted by Gasteiger charge is -2.14. The Morgan fingerprint density at radius 3 is 2.42 bits per heavy atom. The number of hydrogen-bond acceptors (Lipinski definition) is 3. The number of nitrogens with zero attached hydrogens (tertiary/aromatic N) is 1. The van der Waals surface area contributed by atoms with E-state index in [1.807, 2.05) is 74.5 Å². The van der Waals surface area contributed by atoms with Gasteiger partial charge in [-0.1, -0.05) is 78.1 Å². The third kappa shape index (κ3) is 3.66. The molecule has 120 valence electrons. The first kappa shape index (κ1) is 16.7. The highest BCUT2D eigenvalue weighted by Gasteiger charge is 2.33. The molecule has 0 unspecified atom stereocenters. The van der Waals surface area contributed by atoms with Crippen LogP contribution in [0.1, 0.15) is 18.1 Å². The Hall–Kier alpha value is -2.17. The first-order valence-corrected chi connectivity index (χ1v) is 8.85. The number of allylic oxidation sites excluding steroid dienone is 2. The molecule has 0 atom stereocenters. The second kappa shape index (κ2) is 7.16. The van der Waals surface area contributed by atoms with Crippen LogP contribution in [-0.2, 0) is 4.79 Å². The SMILES string of the molecule is CC(=C\c1ccccc1)/C=C1/SC(=S)N(c2ccc(C)cc2)C1=O. The lowest BCUT2D eigenvalue weighted by atomic mass is 10.1. The number of rotatable bonds is 3. The predicted molar refractivity (Wildman–Crippen MR) is 107 cm³/mol. The summed E-state index contributed by atoms with van der Waals surface area (Å²) in [5.41, 5.74) is 4.10. The summed E-state index contributed by atoms with van der Waals surface area (Å²) in [6, 6.07) is 17.9. The van der Waals surface area contributed by atoms with Crippen LogP contribution in [0.25, 0.3) is 6.08 Å². The first-order chi connectivity index (χ1) is 11.5. The van der Waals surface area contributed by atoms with Crippen molar-refractivity contribution in [2.75, 3.05) is 4.90 Å². The number of carbonyl (C=O) groups excluding carboxylic acids is 1. The number of benzene rings is 2. The van der Waals surface area contributed by atoms with Gasteiger partial charge in [-0.2, -0.15) is 0 Å². The van der Waals surface area contributed by atoms with Gasteiger partial charge in [-0.05, 0) is 43.2 Å². The molecule has 2 aromatic carbocycles. The molecular formula is C20H17NOS2. The van der Waals surface area contributed by atoms with Crippen LogP contribution in [0.4, 0.5) is 5.69 Å². The van der Waals surface area contributed by atoms with Crippen molar-refractivity contribution in [3.05, 3.63) is 82.3 Å². The standard InChI is InChI=1S/C20H17NOS2/c1-14-8-10-17(11-9-14)21-19(22)18(24-20(21)23)13-15(2)12-16-6-4-3-5-7-16/h3-13H,1-2H3/b15-12+,18-13+. The van der Waals surface area contributed by atoms with E-state index in [1.54, 1.807) is 4.90 Å². The molecule has 0 N–H and O–H groups in total. The molecule has 4 heteroatoms. The third-order valence-corrected chi connectivity index (χ3v) is 4.94. The Morgan fingerprint density at radius 2 is 1.75 bits per heavy atom. The van der Waals surface area contributed by atoms with E-state index in [0.717, 1.165) is 22.4 Å². The van der Waals surface area contributed by atoms with Crippen molar-refractivity contribution in [1.82, 2.24) is 0 Å². The number of thioether (sulfide) groups is 1. The molecule has 0 saturated carbocycles. The maximum absolute atomic E-state index is 12.7. The van der Waals surface area contributed by atoms with E-state index in [-0.39, 0.29) is 5.91 Å². The fourth-order valence-electron chi connectivity index (χ4n) is 2.44. The van der Waals surface area contributed by atoms with Gasteiger partial charge in [0.15, 0.2) is 4.32 Å². The Labute approximate surface area is 151 Å². The molecule has 1 saturated heterocycles. The van der Waals surface area contributed by atoms with Crippen molar-refractivity contribution in [3.8, 4) is 0 Å². The Kier molecular flexibility index (Phi) is 4.97. The first-order valence-electron chi connectivity index (χ1n) is 7.62. The minimum atomic E-state index is -0.0605. The number of carbonyl (C=O) groups is 1. The van der Waals surface area contributed by atoms with Crippen LogP contribution < -0.4 is 4.90 Å². The van der Waals surface area contributed by atoms with Gasteiger partial charge in [-0.3, -0.25) is 9.69 Å². The van der Waals surface area contributed by atoms with Crippen LogP contribution in [-0.4, -0.2) is 10.2 Å². The molecule has 1 amide bonds. The Bertz CT molecular complexity index is 836. The molecule has 1 fully saturated rings. The van der Waals surface area contributed by atoms with Gasteiger partial charge in [-0.25, -0.2) is 0 Å². The van der Waals surface area contributed by atoms with Crippen LogP contribution in [0, 0.1) is 6.92 Å². The minimum Gasteiger partial charge on any atom is -0.268 e. The summed E-state index contributed by atoms with van der Waals surface area (Å²) in [5, 5.41) is 0. The zero-order valence-electron chi connectivity index (χ0n) is 13.5. The fourth-order valence-corrected chi connectivity index (χ4v) is 3.79. The number of anilines is 1. The maximum Gasteiger partial charge on any atom is 0.270 e. The van der Waals surface area contributed by atoms with E-state index in [9.17, 15) is 4.79 Å². The molecule has 0 bridgehead atoms. The second-order valence-electron chi connectivity index (χ2n) is 5.65. The van der Waals surface area contributed by atoms with Crippen molar-refractivity contribution >= 4 is 46.0 Å². The molecule has 2 aromatic rings. The molecule has 24 heavy (non-hydrogen) atoms. The lowest BCUT2D eigenvalue weighted by Crippen LogP contribution is -2.27. The molecular weight excluding hydrogens is 334 g/mol. The lowest BCUT2D eigenvalue weighted by molar-refractivity contribution is -0.113. The molecule has 0 spiro atoms. The number of aryl methyl sites for hydroxylation is 1. The fraction of sp³-hybridized carbons (Fsp3) is 0.100. The molecule has 0 aliphatic carbocycles. The van der Waals surface area contributed by atoms with Gasteiger partial charge in [0.2, 0.25) is 0 Å². The van der Waals surface area contributed by atoms with E-state index >= 15 is 0 Å². The monoisotopic (exact) mass is 351 g/mol. The zero-order valence-corrected chi connectivity index (χ0v) is 15.2. The maximum atomic E-state index is 12.7. The largest absolute Gasteiger partial charge is 0.270 e. The van der Waals surface area contributed by atoms with Crippen LogP contribution in [0.3, 0.4) is 0 Å². The molecule has 0 aromatic heterocycles. The van der Waals surface area contributed by atoms with Crippen LogP contribution in [0.15, 0.2) is 71.2 Å². The average Bonchev–Trinajstić information content (AvgIpc) is 2.83. The van der Waals surface area contributed by atoms with E-state index < -0.39 is 0 Å². The normalized spacial score (nSPS) is 17.0. The molecule has 0 radical (unpaired) electrons. The van der Waals surface area contributed by atoms with Crippen molar-refractivity contribution in [3.63, 3.8) is 0 Å². The van der Waals surface area contributed by atoms with E-state index in [1.165, 1.54) is 11.8 Å². The molecule has 2 nitrogen and oxygen atoms in total. The summed E-state index contributed by atoms with van der Waals surface area (Å²) in [5.74, 6) is -0.0605. The van der Waals surface area contributed by atoms with Gasteiger partial charge in [0.1, 0.15) is 0 Å². The molecule has 3 rings (SSSR count). The van der Waals surface area contributed by atoms with Crippen molar-refractivity contribution < 1.29 is 4.79 Å². The van der Waals surface area contributed by atoms with Gasteiger partial charge < -0.3 is 0 Å². The average molecular weight is 351 g/mol. The van der Waals surface area contributed by atoms with Crippen LogP contribution in [0.2, 0.25) is 0 Å². The Balaban J connectivity index is 1.85. The van der Waals surface area contributed by atoms with Crippen molar-refractivity contribution in [2.24, 2.45) is 0 Å². The molecule has 1 aliphatic heterocycles. The summed E-state index contributed by atoms with van der Waals surface area (Å²) < 4.78 is 0.572. The molecule has 1 aliphatic rings. The number of hydrogen-bond donors (Lipinski definition) is 0. The number of thiocarbonyl (C=S) groups is 1. The second-order valence-corrected chi connectivity index (χ2v) is 7.33. The van der Waals surface area contributed by atoms with Crippen molar-refractivity contribution in [2.45, 2.75) is 13.8 Å². The summed E-state index contributed by atoms with van der Waals surface area (Å²) in [6.07, 6.45) is 3.96. The van der Waals surface area contributed by atoms with Gasteiger partial charge >= 0.3 is 0 Å². The van der Waals surface area contributed by atoms with E-state index in [0.29, 0.717) is 9.23 Å². The number of amides is 1. The zero-order chi connectivity index (χ0) is 17.1. The minimum absolute atomic E-state index is 0.0605. The van der Waals surface area contributed by atoms with Gasteiger partial charge in [0.05, 0.1) is 10.6 Å². The van der Waals surface area contributed by atoms with E-state index in [2.05, 4.69) is 6.08 Å². The van der Waals surface area contributed by atoms with Crippen LogP contribution in [0.5, 0.6) is 0 Å². The third-order valence-electron chi connectivity index (χ3n) is 3.64. The smallest absolute Gasteiger partial charge is 0.268 e. The highest BCUT2D eigenvalue weighted by atomic mass is 32.2. The summed E-state index contributed by atoms with van der Waals surface area (Å²) in [6.45, 7) is 4.01. The topological polar surface area (TPSA) is 20.3 Å². The Morgan fingerprint density at radius 1 is 1.08 bits per heavy atom. The van der Waals surface area contributed by atoms with Gasteiger partial charge in [0, 0.05) is 0 Å². The van der Waals surface area contributed by atoms with Crippen LogP contribution >= 0.6 is 24.0 Å². The summed E-state index contributed by atoms with van der Waals surface area (Å²) >= 11 is 6.75. The highest BCUT2D eigenvalue weighted by Crippen LogP contribution is 2.35. The summed E-state index contributed by atoms with van der Waals surface area (Å²) in [7, 11) is 0. The quantitative estimate of drug-likeness (QED) is 0.549. The van der Waals surface area contributed by atoms with Crippen molar-refractivity contribution in [1.29, 1.82) is 0 Å². The molecule has 1 heterocycles. The summed E-state index contributed by atoms with van der Waals surface area (Å²) in [4.78, 5) is 15.0. The van der Waals surface area contributed by atoms with E-state index in [4.69, 9.17) is 12.2 Å².